The zero-order valence-corrected chi connectivity index (χ0v) is 23.9. The lowest BCUT2D eigenvalue weighted by Crippen LogP contribution is -2.51. The molecule has 0 heterocycles. The molecule has 2 rings (SSSR count). The fourth-order valence-electron chi connectivity index (χ4n) is 3.54. The molecule has 0 saturated carbocycles. The molecule has 12 heteroatoms. The summed E-state index contributed by atoms with van der Waals surface area (Å²) >= 11 is 12.4. The van der Waals surface area contributed by atoms with Crippen molar-refractivity contribution in [2.45, 2.75) is 39.3 Å². The molecule has 0 radical (unpaired) electrons. The molecule has 204 valence electrons. The van der Waals surface area contributed by atoms with Gasteiger partial charge < -0.3 is 19.7 Å². The molecule has 0 aromatic heterocycles. The standard InChI is InChI=1S/C25H33Cl2N3O6S/c1-6-7-12-28-25(32)17(2)29(15-18-8-9-19(26)13-21(18)27)24(31)16-30(37(5,33)34)22-14-20(35-3)10-11-23(22)36-4/h8-11,13-14,17H,6-7,12,15-16H2,1-5H3,(H,28,32)/t17-/m0/s1. The number of unbranched alkanes of at least 4 members (excludes halogenated alkanes) is 1. The number of anilines is 1. The van der Waals surface area contributed by atoms with E-state index in [9.17, 15) is 18.0 Å². The highest BCUT2D eigenvalue weighted by atomic mass is 35.5. The van der Waals surface area contributed by atoms with Gasteiger partial charge in [-0.1, -0.05) is 42.6 Å². The van der Waals surface area contributed by atoms with Crippen LogP contribution in [0.25, 0.3) is 0 Å². The van der Waals surface area contributed by atoms with Gasteiger partial charge in [0, 0.05) is 29.2 Å². The summed E-state index contributed by atoms with van der Waals surface area (Å²) in [4.78, 5) is 27.9. The summed E-state index contributed by atoms with van der Waals surface area (Å²) in [6, 6.07) is 8.54. The minimum Gasteiger partial charge on any atom is -0.497 e. The fourth-order valence-corrected chi connectivity index (χ4v) is 4.85. The summed E-state index contributed by atoms with van der Waals surface area (Å²) in [6.07, 6.45) is 2.66. The number of amides is 2. The third kappa shape index (κ3) is 8.41. The Morgan fingerprint density at radius 1 is 1.08 bits per heavy atom. The monoisotopic (exact) mass is 573 g/mol. The van der Waals surface area contributed by atoms with Gasteiger partial charge in [0.15, 0.2) is 0 Å². The van der Waals surface area contributed by atoms with Crippen molar-refractivity contribution >= 4 is 50.7 Å². The second kappa shape index (κ2) is 13.7. The average molecular weight is 575 g/mol. The van der Waals surface area contributed by atoms with Gasteiger partial charge in [0.1, 0.15) is 24.1 Å². The van der Waals surface area contributed by atoms with Gasteiger partial charge in [-0.2, -0.15) is 0 Å². The van der Waals surface area contributed by atoms with Crippen LogP contribution in [0, 0.1) is 0 Å². The number of hydrogen-bond acceptors (Lipinski definition) is 6. The summed E-state index contributed by atoms with van der Waals surface area (Å²) in [7, 11) is -1.11. The molecular weight excluding hydrogens is 541 g/mol. The molecule has 0 bridgehead atoms. The fraction of sp³-hybridized carbons (Fsp3) is 0.440. The van der Waals surface area contributed by atoms with Gasteiger partial charge in [0.25, 0.3) is 0 Å². The van der Waals surface area contributed by atoms with Crippen LogP contribution in [0.2, 0.25) is 10.0 Å². The predicted octanol–water partition coefficient (Wildman–Crippen LogP) is 4.11. The van der Waals surface area contributed by atoms with Gasteiger partial charge in [0.2, 0.25) is 21.8 Å². The number of carbonyl (C=O) groups excluding carboxylic acids is 2. The Labute approximate surface area is 228 Å². The number of benzene rings is 2. The van der Waals surface area contributed by atoms with Gasteiger partial charge in [-0.15, -0.1) is 0 Å². The molecule has 0 unspecified atom stereocenters. The van der Waals surface area contributed by atoms with Crippen LogP contribution in [0.15, 0.2) is 36.4 Å². The van der Waals surface area contributed by atoms with Crippen molar-refractivity contribution in [2.75, 3.05) is 37.9 Å². The van der Waals surface area contributed by atoms with E-state index >= 15 is 0 Å². The van der Waals surface area contributed by atoms with Crippen molar-refractivity contribution in [1.82, 2.24) is 10.2 Å². The zero-order valence-electron chi connectivity index (χ0n) is 21.6. The van der Waals surface area contributed by atoms with E-state index in [1.165, 1.54) is 31.3 Å². The highest BCUT2D eigenvalue weighted by Crippen LogP contribution is 2.34. The van der Waals surface area contributed by atoms with Crippen LogP contribution >= 0.6 is 23.2 Å². The molecule has 0 aliphatic heterocycles. The number of halogens is 2. The number of sulfonamides is 1. The van der Waals surface area contributed by atoms with E-state index < -0.39 is 28.5 Å². The van der Waals surface area contributed by atoms with Crippen LogP contribution in [0.1, 0.15) is 32.3 Å². The zero-order chi connectivity index (χ0) is 27.8. The molecular formula is C25H33Cl2N3O6S. The third-order valence-corrected chi connectivity index (χ3v) is 7.40. The minimum atomic E-state index is -3.95. The van der Waals surface area contributed by atoms with E-state index in [-0.39, 0.29) is 23.9 Å². The Morgan fingerprint density at radius 3 is 2.35 bits per heavy atom. The van der Waals surface area contributed by atoms with Crippen molar-refractivity contribution in [3.05, 3.63) is 52.0 Å². The van der Waals surface area contributed by atoms with E-state index in [2.05, 4.69) is 5.32 Å². The second-order valence-corrected chi connectivity index (χ2v) is 11.1. The first-order chi connectivity index (χ1) is 17.4. The summed E-state index contributed by atoms with van der Waals surface area (Å²) in [5, 5.41) is 3.56. The number of ether oxygens (including phenoxy) is 2. The Bertz CT molecular complexity index is 1210. The first-order valence-electron chi connectivity index (χ1n) is 11.6. The molecule has 0 aliphatic carbocycles. The summed E-state index contributed by atoms with van der Waals surface area (Å²) in [5.41, 5.74) is 0.680. The molecule has 37 heavy (non-hydrogen) atoms. The van der Waals surface area contributed by atoms with Gasteiger partial charge in [-0.3, -0.25) is 13.9 Å². The normalized spacial score (nSPS) is 12.0. The summed E-state index contributed by atoms with van der Waals surface area (Å²) in [6.45, 7) is 3.42. The molecule has 2 aromatic carbocycles. The molecule has 1 N–H and O–H groups in total. The predicted molar refractivity (Wildman–Crippen MR) is 146 cm³/mol. The molecule has 2 amide bonds. The maximum absolute atomic E-state index is 13.7. The molecule has 0 fully saturated rings. The second-order valence-electron chi connectivity index (χ2n) is 8.39. The number of nitrogens with one attached hydrogen (secondary N) is 1. The average Bonchev–Trinajstić information content (AvgIpc) is 2.85. The Balaban J connectivity index is 2.48. The first kappa shape index (κ1) is 30.5. The Hall–Kier alpha value is -2.69. The lowest BCUT2D eigenvalue weighted by molar-refractivity contribution is -0.139. The van der Waals surface area contributed by atoms with E-state index in [4.69, 9.17) is 32.7 Å². The van der Waals surface area contributed by atoms with Crippen LogP contribution < -0.4 is 19.1 Å². The van der Waals surface area contributed by atoms with Crippen molar-refractivity contribution < 1.29 is 27.5 Å². The smallest absolute Gasteiger partial charge is 0.244 e. The highest BCUT2D eigenvalue weighted by molar-refractivity contribution is 7.92. The van der Waals surface area contributed by atoms with Gasteiger partial charge in [-0.25, -0.2) is 8.42 Å². The van der Waals surface area contributed by atoms with Gasteiger partial charge in [0.05, 0.1) is 26.2 Å². The molecule has 0 aliphatic rings. The molecule has 1 atom stereocenters. The van der Waals surface area contributed by atoms with E-state index in [0.29, 0.717) is 27.9 Å². The maximum Gasteiger partial charge on any atom is 0.244 e. The summed E-state index contributed by atoms with van der Waals surface area (Å²) in [5.74, 6) is -0.363. The van der Waals surface area contributed by atoms with Crippen LogP contribution in [-0.4, -0.2) is 64.7 Å². The molecule has 2 aromatic rings. The first-order valence-corrected chi connectivity index (χ1v) is 14.2. The maximum atomic E-state index is 13.7. The van der Waals surface area contributed by atoms with Crippen molar-refractivity contribution in [2.24, 2.45) is 0 Å². The van der Waals surface area contributed by atoms with E-state index in [1.54, 1.807) is 31.2 Å². The third-order valence-electron chi connectivity index (χ3n) is 5.69. The minimum absolute atomic E-state index is 0.0377. The van der Waals surface area contributed by atoms with Crippen molar-refractivity contribution in [1.29, 1.82) is 0 Å². The number of hydrogen-bond donors (Lipinski definition) is 1. The Kier molecular flexibility index (Phi) is 11.3. The van der Waals surface area contributed by atoms with Crippen LogP contribution in [0.5, 0.6) is 11.5 Å². The Morgan fingerprint density at radius 2 is 1.78 bits per heavy atom. The van der Waals surface area contributed by atoms with Crippen molar-refractivity contribution in [3.63, 3.8) is 0 Å². The van der Waals surface area contributed by atoms with Gasteiger partial charge >= 0.3 is 0 Å². The van der Waals surface area contributed by atoms with Crippen molar-refractivity contribution in [3.8, 4) is 11.5 Å². The van der Waals surface area contributed by atoms with Crippen LogP contribution in [0.4, 0.5) is 5.69 Å². The summed E-state index contributed by atoms with van der Waals surface area (Å²) < 4.78 is 37.2. The number of nitrogens with zero attached hydrogens (tertiary/aromatic N) is 2. The number of methoxy groups -OCH3 is 2. The highest BCUT2D eigenvalue weighted by Gasteiger charge is 2.31. The molecule has 0 spiro atoms. The quantitative estimate of drug-likeness (QED) is 0.361. The largest absolute Gasteiger partial charge is 0.497 e. The van der Waals surface area contributed by atoms with E-state index in [0.717, 1.165) is 23.4 Å². The molecule has 0 saturated heterocycles. The van der Waals surface area contributed by atoms with E-state index in [1.807, 2.05) is 6.92 Å². The van der Waals surface area contributed by atoms with Crippen LogP contribution in [0.3, 0.4) is 0 Å². The topological polar surface area (TPSA) is 105 Å². The number of rotatable bonds is 13. The molecule has 9 nitrogen and oxygen atoms in total. The number of carbonyl (C=O) groups is 2. The van der Waals surface area contributed by atoms with Crippen LogP contribution in [-0.2, 0) is 26.2 Å². The lowest BCUT2D eigenvalue weighted by Gasteiger charge is -2.32. The van der Waals surface area contributed by atoms with Gasteiger partial charge in [-0.05, 0) is 43.2 Å². The SMILES string of the molecule is CCCCNC(=O)[C@H](C)N(Cc1ccc(Cl)cc1Cl)C(=O)CN(c1cc(OC)ccc1OC)S(C)(=O)=O. The lowest BCUT2D eigenvalue weighted by atomic mass is 10.1.